The van der Waals surface area contributed by atoms with Gasteiger partial charge in [-0.1, -0.05) is 27.7 Å². The first-order valence-corrected chi connectivity index (χ1v) is 21.5. The maximum atomic E-state index is 13.9. The highest BCUT2D eigenvalue weighted by atomic mass is 16.4. The van der Waals surface area contributed by atoms with E-state index in [1.54, 1.807) is 27.7 Å². The number of unbranched alkanes of at least 4 members (excludes halogenated alkanes) is 1. The molecule has 0 radical (unpaired) electrons. The van der Waals surface area contributed by atoms with Crippen LogP contribution in [0.1, 0.15) is 91.2 Å². The molecule has 18 N–H and O–H groups in total. The van der Waals surface area contributed by atoms with Crippen molar-refractivity contribution in [3.05, 3.63) is 18.2 Å². The highest BCUT2D eigenvalue weighted by Crippen LogP contribution is 2.11. The normalized spacial score (nSPS) is 14.8. The molecule has 0 saturated carbocycles. The number of nitrogens with zero attached hydrogens (tertiary/aromatic N) is 1. The van der Waals surface area contributed by atoms with Gasteiger partial charge in [-0.25, -0.2) is 9.78 Å². The van der Waals surface area contributed by atoms with E-state index >= 15 is 0 Å². The van der Waals surface area contributed by atoms with E-state index in [1.807, 2.05) is 0 Å². The van der Waals surface area contributed by atoms with Crippen molar-refractivity contribution >= 4 is 59.2 Å². The van der Waals surface area contributed by atoms with Crippen LogP contribution in [0.15, 0.2) is 12.5 Å². The Balaban J connectivity index is 3.27. The number of amides is 8. The van der Waals surface area contributed by atoms with E-state index in [-0.39, 0.29) is 69.7 Å². The fourth-order valence-corrected chi connectivity index (χ4v) is 6.25. The van der Waals surface area contributed by atoms with Crippen molar-refractivity contribution in [1.29, 1.82) is 0 Å². The molecule has 26 heteroatoms. The fourth-order valence-electron chi connectivity index (χ4n) is 6.25. The lowest BCUT2D eigenvalue weighted by atomic mass is 10.00. The summed E-state index contributed by atoms with van der Waals surface area (Å²) in [5.41, 5.74) is 17.1. The van der Waals surface area contributed by atoms with Gasteiger partial charge in [-0.2, -0.15) is 0 Å². The summed E-state index contributed by atoms with van der Waals surface area (Å²) in [6.45, 7) is 5.10. The Hall–Kier alpha value is -6.25. The number of aromatic amines is 1. The predicted octanol–water partition coefficient (Wildman–Crippen LogP) is -4.91. The SMILES string of the molecule is CC(C)C[C@H](NC(=O)[C@H](CCC(N)=O)NC(=O)[C@H](CC(C)C)NC(=O)[C@H](CCCCN)NC(=O)[C@H](CO)NC(=O)[C@H](CO)NC(=O)[C@H](Cc1cnc[nH]1)NC(=O)[C@@H](N)CCC(=O)O)C(=O)O. The maximum absolute atomic E-state index is 13.9. The van der Waals surface area contributed by atoms with Crippen LogP contribution in [0.4, 0.5) is 0 Å². The highest BCUT2D eigenvalue weighted by Gasteiger charge is 2.35. The van der Waals surface area contributed by atoms with Crippen molar-refractivity contribution in [3.8, 4) is 0 Å². The molecule has 0 aliphatic carbocycles. The van der Waals surface area contributed by atoms with Crippen molar-refractivity contribution in [1.82, 2.24) is 47.2 Å². The summed E-state index contributed by atoms with van der Waals surface area (Å²) < 4.78 is 0. The Bertz CT molecular complexity index is 1780. The molecule has 1 aromatic heterocycles. The van der Waals surface area contributed by atoms with Crippen LogP contribution in [-0.2, 0) is 54.4 Å². The minimum atomic E-state index is -1.77. The van der Waals surface area contributed by atoms with Gasteiger partial charge < -0.3 is 79.8 Å². The molecule has 0 spiro atoms. The van der Waals surface area contributed by atoms with Crippen molar-refractivity contribution in [2.24, 2.45) is 29.0 Å². The summed E-state index contributed by atoms with van der Waals surface area (Å²) in [4.78, 5) is 135. The third kappa shape index (κ3) is 22.1. The highest BCUT2D eigenvalue weighted by molar-refractivity contribution is 5.97. The van der Waals surface area contributed by atoms with Gasteiger partial charge in [-0.3, -0.25) is 43.2 Å². The molecule has 0 aliphatic rings. The molecule has 0 saturated heterocycles. The lowest BCUT2D eigenvalue weighted by Gasteiger charge is -2.28. The molecule has 26 nitrogen and oxygen atoms in total. The molecule has 66 heavy (non-hydrogen) atoms. The Morgan fingerprint density at radius 3 is 1.48 bits per heavy atom. The van der Waals surface area contributed by atoms with E-state index in [2.05, 4.69) is 47.2 Å². The predicted molar refractivity (Wildman–Crippen MR) is 233 cm³/mol. The number of primary amides is 1. The van der Waals surface area contributed by atoms with Crippen molar-refractivity contribution in [2.75, 3.05) is 19.8 Å². The zero-order valence-corrected chi connectivity index (χ0v) is 37.7. The molecule has 8 amide bonds. The number of rotatable bonds is 33. The first-order valence-electron chi connectivity index (χ1n) is 21.5. The molecular weight excluding hydrogens is 873 g/mol. The summed E-state index contributed by atoms with van der Waals surface area (Å²) in [7, 11) is 0. The number of aliphatic hydroxyl groups excluding tert-OH is 2. The lowest BCUT2D eigenvalue weighted by Crippen LogP contribution is -2.61. The number of hydrogen-bond donors (Lipinski definition) is 15. The molecule has 1 aromatic rings. The van der Waals surface area contributed by atoms with E-state index in [0.29, 0.717) is 12.1 Å². The number of hydrogen-bond acceptors (Lipinski definition) is 15. The Morgan fingerprint density at radius 1 is 0.591 bits per heavy atom. The van der Waals surface area contributed by atoms with E-state index < -0.39 is 127 Å². The van der Waals surface area contributed by atoms with Gasteiger partial charge in [0.05, 0.1) is 25.6 Å². The molecule has 8 atom stereocenters. The summed E-state index contributed by atoms with van der Waals surface area (Å²) in [5.74, 6) is -10.5. The van der Waals surface area contributed by atoms with Crippen LogP contribution < -0.4 is 54.4 Å². The summed E-state index contributed by atoms with van der Waals surface area (Å²) >= 11 is 0. The minimum Gasteiger partial charge on any atom is -0.481 e. The number of nitrogens with one attached hydrogen (secondary N) is 8. The number of nitrogens with two attached hydrogens (primary N) is 3. The number of carboxylic acids is 2. The zero-order chi connectivity index (χ0) is 50.1. The number of aromatic nitrogens is 2. The van der Waals surface area contributed by atoms with Crippen LogP contribution in [0, 0.1) is 11.8 Å². The van der Waals surface area contributed by atoms with Gasteiger partial charge >= 0.3 is 11.9 Å². The Labute approximate surface area is 381 Å². The number of imidazole rings is 1. The molecule has 1 rings (SSSR count). The van der Waals surface area contributed by atoms with Gasteiger partial charge in [-0.15, -0.1) is 0 Å². The van der Waals surface area contributed by atoms with E-state index in [1.165, 1.54) is 12.5 Å². The smallest absolute Gasteiger partial charge is 0.326 e. The van der Waals surface area contributed by atoms with Gasteiger partial charge in [-0.05, 0) is 63.3 Å². The molecule has 0 aromatic carbocycles. The first-order chi connectivity index (χ1) is 31.0. The van der Waals surface area contributed by atoms with Gasteiger partial charge in [0.25, 0.3) is 0 Å². The van der Waals surface area contributed by atoms with Gasteiger partial charge in [0.1, 0.15) is 42.3 Å². The second-order valence-electron chi connectivity index (χ2n) is 16.5. The van der Waals surface area contributed by atoms with Crippen LogP contribution in [0.3, 0.4) is 0 Å². The van der Waals surface area contributed by atoms with E-state index in [0.717, 1.165) is 0 Å². The second kappa shape index (κ2) is 30.0. The maximum Gasteiger partial charge on any atom is 0.326 e. The van der Waals surface area contributed by atoms with Crippen LogP contribution >= 0.6 is 0 Å². The van der Waals surface area contributed by atoms with Gasteiger partial charge in [0.15, 0.2) is 0 Å². The van der Waals surface area contributed by atoms with Crippen LogP contribution in [-0.4, -0.2) is 158 Å². The third-order valence-electron chi connectivity index (χ3n) is 9.80. The molecular formula is C40H68N12O14. The average Bonchev–Trinajstić information content (AvgIpc) is 3.76. The summed E-state index contributed by atoms with van der Waals surface area (Å²) in [5, 5.41) is 55.5. The number of carbonyl (C=O) groups is 10. The van der Waals surface area contributed by atoms with Crippen LogP contribution in [0.5, 0.6) is 0 Å². The topological polar surface area (TPSA) is 443 Å². The molecule has 0 unspecified atom stereocenters. The van der Waals surface area contributed by atoms with Crippen LogP contribution in [0.25, 0.3) is 0 Å². The number of carboxylic acid groups (broad SMARTS) is 2. The molecule has 372 valence electrons. The van der Waals surface area contributed by atoms with Gasteiger partial charge in [0, 0.05) is 31.2 Å². The number of H-pyrrole nitrogens is 1. The zero-order valence-electron chi connectivity index (χ0n) is 37.7. The molecule has 0 fully saturated rings. The van der Waals surface area contributed by atoms with Crippen LogP contribution in [0.2, 0.25) is 0 Å². The van der Waals surface area contributed by atoms with Crippen molar-refractivity contribution in [2.45, 2.75) is 140 Å². The Morgan fingerprint density at radius 2 is 1.03 bits per heavy atom. The van der Waals surface area contributed by atoms with Crippen molar-refractivity contribution < 1.29 is 68.4 Å². The summed E-state index contributed by atoms with van der Waals surface area (Å²) in [6.07, 6.45) is 1.77. The van der Waals surface area contributed by atoms with Gasteiger partial charge in [0.2, 0.25) is 47.3 Å². The third-order valence-corrected chi connectivity index (χ3v) is 9.80. The van der Waals surface area contributed by atoms with E-state index in [9.17, 15) is 63.3 Å². The first kappa shape index (κ1) is 57.8. The lowest BCUT2D eigenvalue weighted by molar-refractivity contribution is -0.143. The average molecular weight is 941 g/mol. The molecule has 0 bridgehead atoms. The second-order valence-corrected chi connectivity index (χ2v) is 16.5. The largest absolute Gasteiger partial charge is 0.481 e. The minimum absolute atomic E-state index is 0.00381. The monoisotopic (exact) mass is 940 g/mol. The Kier molecular flexibility index (Phi) is 26.3. The number of carbonyl (C=O) groups excluding carboxylic acids is 8. The quantitative estimate of drug-likeness (QED) is 0.0294. The standard InChI is InChI=1S/C40H68N12O14/c1-20(2)13-26(36(61)47-25(9-10-31(43)55)35(60)50-28(40(65)66)14-21(3)4)49-34(59)24(7-5-6-12-41)46-38(63)29(17-53)52-39(64)30(18-54)51-37(62)27(15-22-16-44-19-45-22)48-33(58)23(42)8-11-32(56)57/h16,19-21,23-30,53-54H,5-15,17-18,41-42H2,1-4H3,(H2,43,55)(H,44,45)(H,46,63)(H,47,61)(H,48,58)(H,49,59)(H,50,60)(H,51,62)(H,52,64)(H,56,57)(H,65,66)/t23-,24-,25-,26-,27-,28-,29-,30-/m0/s1. The number of aliphatic hydroxyl groups is 2. The number of aliphatic carboxylic acids is 2. The molecule has 0 aliphatic heterocycles. The molecule has 1 heterocycles. The summed E-state index contributed by atoms with van der Waals surface area (Å²) in [6, 6.07) is -11.8. The fraction of sp³-hybridized carbons (Fsp3) is 0.675. The van der Waals surface area contributed by atoms with E-state index in [4.69, 9.17) is 22.3 Å². The van der Waals surface area contributed by atoms with Crippen molar-refractivity contribution in [3.63, 3.8) is 0 Å².